The molecule has 9 nitrogen and oxygen atoms in total. The van der Waals surface area contributed by atoms with E-state index in [9.17, 15) is 19.2 Å². The molecular formula is C15H17N5O4. The van der Waals surface area contributed by atoms with Crippen LogP contribution < -0.4 is 22.1 Å². The summed E-state index contributed by atoms with van der Waals surface area (Å²) >= 11 is 0. The van der Waals surface area contributed by atoms with Crippen LogP contribution in [0.15, 0.2) is 32.7 Å². The van der Waals surface area contributed by atoms with E-state index in [2.05, 4.69) is 20.5 Å². The van der Waals surface area contributed by atoms with Crippen molar-refractivity contribution in [3.8, 4) is 0 Å². The molecule has 126 valence electrons. The van der Waals surface area contributed by atoms with Crippen LogP contribution in [-0.2, 0) is 24.2 Å². The van der Waals surface area contributed by atoms with Gasteiger partial charge in [-0.25, -0.2) is 9.89 Å². The number of nitrogens with zero attached hydrogens (tertiary/aromatic N) is 2. The molecule has 9 heteroatoms. The largest absolute Gasteiger partial charge is 0.353 e. The van der Waals surface area contributed by atoms with Crippen molar-refractivity contribution in [1.82, 2.24) is 25.1 Å². The molecule has 1 atom stereocenters. The van der Waals surface area contributed by atoms with Crippen molar-refractivity contribution in [3.63, 3.8) is 0 Å². The fraction of sp³-hybridized carbons (Fsp3) is 0.400. The summed E-state index contributed by atoms with van der Waals surface area (Å²) in [5, 5.41) is 9.33. The van der Waals surface area contributed by atoms with Crippen LogP contribution in [0.5, 0.6) is 0 Å². The summed E-state index contributed by atoms with van der Waals surface area (Å²) < 4.78 is 1.28. The minimum Gasteiger partial charge on any atom is -0.353 e. The van der Waals surface area contributed by atoms with Crippen LogP contribution in [0.25, 0.3) is 0 Å². The lowest BCUT2D eigenvalue weighted by Gasteiger charge is -2.24. The first-order valence-electron chi connectivity index (χ1n) is 7.68. The summed E-state index contributed by atoms with van der Waals surface area (Å²) in [5.74, 6) is -0.181. The van der Waals surface area contributed by atoms with Crippen molar-refractivity contribution in [2.24, 2.45) is 0 Å². The van der Waals surface area contributed by atoms with Gasteiger partial charge >= 0.3 is 5.69 Å². The van der Waals surface area contributed by atoms with Crippen molar-refractivity contribution in [1.29, 1.82) is 0 Å². The highest BCUT2D eigenvalue weighted by atomic mass is 16.2. The van der Waals surface area contributed by atoms with Gasteiger partial charge in [-0.2, -0.15) is 5.10 Å². The van der Waals surface area contributed by atoms with Crippen molar-refractivity contribution in [2.75, 3.05) is 0 Å². The van der Waals surface area contributed by atoms with E-state index in [4.69, 9.17) is 0 Å². The number of nitrogens with one attached hydrogen (secondary N) is 3. The zero-order valence-corrected chi connectivity index (χ0v) is 12.9. The summed E-state index contributed by atoms with van der Waals surface area (Å²) in [7, 11) is 0. The molecule has 0 bridgehead atoms. The molecule has 0 aliphatic heterocycles. The van der Waals surface area contributed by atoms with Crippen molar-refractivity contribution in [3.05, 3.63) is 60.8 Å². The number of aromatic nitrogens is 4. The van der Waals surface area contributed by atoms with Gasteiger partial charge in [0.25, 0.3) is 11.1 Å². The Morgan fingerprint density at radius 3 is 2.96 bits per heavy atom. The van der Waals surface area contributed by atoms with E-state index >= 15 is 0 Å². The molecule has 2 aromatic rings. The molecule has 1 aliphatic carbocycles. The number of aromatic amines is 2. The minimum absolute atomic E-state index is 0.0547. The monoisotopic (exact) mass is 331 g/mol. The average Bonchev–Trinajstić information content (AvgIpc) is 2.53. The molecule has 2 heterocycles. The van der Waals surface area contributed by atoms with Gasteiger partial charge in [-0.05, 0) is 24.8 Å². The van der Waals surface area contributed by atoms with Crippen molar-refractivity contribution >= 4 is 5.91 Å². The second-order valence-corrected chi connectivity index (χ2v) is 5.76. The molecule has 24 heavy (non-hydrogen) atoms. The summed E-state index contributed by atoms with van der Waals surface area (Å²) in [6, 6.07) is 2.70. The highest BCUT2D eigenvalue weighted by Gasteiger charge is 2.21. The normalized spacial score (nSPS) is 16.4. The van der Waals surface area contributed by atoms with Gasteiger partial charge in [-0.3, -0.25) is 19.4 Å². The highest BCUT2D eigenvalue weighted by molar-refractivity contribution is 5.76. The van der Waals surface area contributed by atoms with E-state index in [1.54, 1.807) is 0 Å². The smallest absolute Gasteiger partial charge is 0.328 e. The topological polar surface area (TPSA) is 130 Å². The Labute approximate surface area is 135 Å². The Morgan fingerprint density at radius 1 is 1.33 bits per heavy atom. The number of fused-ring (bicyclic) bond motifs is 1. The van der Waals surface area contributed by atoms with Crippen LogP contribution in [0.2, 0.25) is 0 Å². The number of rotatable bonds is 4. The Balaban J connectivity index is 1.57. The third-order valence-corrected chi connectivity index (χ3v) is 4.01. The minimum atomic E-state index is -0.535. The molecule has 1 amide bonds. The number of aryl methyl sites for hydroxylation is 2. The second-order valence-electron chi connectivity index (χ2n) is 5.76. The van der Waals surface area contributed by atoms with Gasteiger partial charge in [0.2, 0.25) is 5.91 Å². The van der Waals surface area contributed by atoms with E-state index in [1.807, 2.05) is 0 Å². The molecule has 3 N–H and O–H groups in total. The maximum absolute atomic E-state index is 12.1. The van der Waals surface area contributed by atoms with Gasteiger partial charge in [0.15, 0.2) is 0 Å². The van der Waals surface area contributed by atoms with E-state index in [0.717, 1.165) is 17.7 Å². The van der Waals surface area contributed by atoms with Gasteiger partial charge < -0.3 is 9.88 Å². The molecule has 0 saturated heterocycles. The summed E-state index contributed by atoms with van der Waals surface area (Å²) in [6.45, 7) is 0.186. The van der Waals surface area contributed by atoms with Crippen LogP contribution in [-0.4, -0.2) is 31.7 Å². The maximum atomic E-state index is 12.1. The van der Waals surface area contributed by atoms with Crippen LogP contribution in [0.4, 0.5) is 0 Å². The average molecular weight is 331 g/mol. The van der Waals surface area contributed by atoms with Gasteiger partial charge in [-0.1, -0.05) is 0 Å². The van der Waals surface area contributed by atoms with Crippen LogP contribution in [0, 0.1) is 0 Å². The third kappa shape index (κ3) is 3.67. The lowest BCUT2D eigenvalue weighted by molar-refractivity contribution is -0.122. The zero-order valence-electron chi connectivity index (χ0n) is 12.9. The molecule has 1 aliphatic rings. The van der Waals surface area contributed by atoms with Crippen LogP contribution in [0.3, 0.4) is 0 Å². The van der Waals surface area contributed by atoms with Gasteiger partial charge in [0.1, 0.15) is 0 Å². The first kappa shape index (κ1) is 15.9. The van der Waals surface area contributed by atoms with E-state index < -0.39 is 11.2 Å². The molecule has 1 unspecified atom stereocenters. The molecule has 0 saturated carbocycles. The third-order valence-electron chi connectivity index (χ3n) is 4.01. The molecule has 2 aromatic heterocycles. The molecule has 0 spiro atoms. The Kier molecular flexibility index (Phi) is 4.41. The molecule has 3 rings (SSSR count). The quantitative estimate of drug-likeness (QED) is 0.640. The summed E-state index contributed by atoms with van der Waals surface area (Å²) in [4.78, 5) is 48.1. The molecule has 0 aromatic carbocycles. The number of H-pyrrole nitrogens is 2. The van der Waals surface area contributed by atoms with E-state index in [0.29, 0.717) is 12.8 Å². The number of hydrogen-bond acceptors (Lipinski definition) is 5. The predicted octanol–water partition coefficient (Wildman–Crippen LogP) is -1.32. The Hall–Kier alpha value is -2.97. The highest BCUT2D eigenvalue weighted by Crippen LogP contribution is 2.17. The standard InChI is InChI=1S/C15H17N5O4/c21-12(3-5-20-6-4-13(22)17-15(20)24)16-10-1-2-11-9(7-10)8-14(23)19-18-11/h4,6,8,10H,1-3,5,7H2,(H,16,21)(H,19,23)(H,17,22,24). The summed E-state index contributed by atoms with van der Waals surface area (Å²) in [6.07, 6.45) is 3.50. The van der Waals surface area contributed by atoms with Gasteiger partial charge in [0, 0.05) is 37.3 Å². The zero-order chi connectivity index (χ0) is 17.1. The van der Waals surface area contributed by atoms with Gasteiger partial charge in [0.05, 0.1) is 5.69 Å². The van der Waals surface area contributed by atoms with Crippen molar-refractivity contribution in [2.45, 2.75) is 38.3 Å². The number of carbonyl (C=O) groups is 1. The molecular weight excluding hydrogens is 314 g/mol. The number of hydrogen-bond donors (Lipinski definition) is 3. The van der Waals surface area contributed by atoms with E-state index in [1.165, 1.54) is 22.9 Å². The first-order valence-corrected chi connectivity index (χ1v) is 7.68. The lowest BCUT2D eigenvalue weighted by atomic mass is 9.92. The summed E-state index contributed by atoms with van der Waals surface area (Å²) in [5.41, 5.74) is 0.461. The van der Waals surface area contributed by atoms with Crippen LogP contribution in [0.1, 0.15) is 24.1 Å². The Bertz CT molecular complexity index is 926. The van der Waals surface area contributed by atoms with Gasteiger partial charge in [-0.15, -0.1) is 0 Å². The SMILES string of the molecule is O=C(CCn1ccc(=O)[nH]c1=O)NC1CCc2n[nH]c(=O)cc2C1. The van der Waals surface area contributed by atoms with E-state index in [-0.39, 0.29) is 30.5 Å². The maximum Gasteiger partial charge on any atom is 0.328 e. The second kappa shape index (κ2) is 6.65. The fourth-order valence-electron chi connectivity index (χ4n) is 2.81. The fourth-order valence-corrected chi connectivity index (χ4v) is 2.81. The van der Waals surface area contributed by atoms with Crippen molar-refractivity contribution < 1.29 is 4.79 Å². The molecule has 0 fully saturated rings. The predicted molar refractivity (Wildman–Crippen MR) is 84.8 cm³/mol. The van der Waals surface area contributed by atoms with Crippen LogP contribution >= 0.6 is 0 Å². The Morgan fingerprint density at radius 2 is 2.17 bits per heavy atom. The number of carbonyl (C=O) groups excluding carboxylic acids is 1. The molecule has 0 radical (unpaired) electrons. The number of amides is 1. The first-order chi connectivity index (χ1) is 11.5. The lowest BCUT2D eigenvalue weighted by Crippen LogP contribution is -2.40.